The first kappa shape index (κ1) is 20.7. The minimum absolute atomic E-state index is 0.0534. The third-order valence-corrected chi connectivity index (χ3v) is 7.62. The number of benzene rings is 1. The summed E-state index contributed by atoms with van der Waals surface area (Å²) in [6, 6.07) is 9.52. The van der Waals surface area contributed by atoms with Gasteiger partial charge >= 0.3 is 0 Å². The summed E-state index contributed by atoms with van der Waals surface area (Å²) in [4.78, 5) is 4.28. The minimum Gasteiger partial charge on any atom is -0.495 e. The van der Waals surface area contributed by atoms with E-state index in [2.05, 4.69) is 42.3 Å². The molecule has 0 spiro atoms. The molecule has 1 saturated carbocycles. The van der Waals surface area contributed by atoms with Crippen molar-refractivity contribution in [1.29, 1.82) is 5.26 Å². The second kappa shape index (κ2) is 7.47. The molecule has 2 aliphatic carbocycles. The molecule has 0 amide bonds. The first-order valence-corrected chi connectivity index (χ1v) is 11.0. The second-order valence-corrected chi connectivity index (χ2v) is 8.99. The molecule has 3 N–H and O–H groups in total. The number of nitriles is 1. The molecular formula is C26H27N3O3. The van der Waals surface area contributed by atoms with Crippen LogP contribution in [-0.2, 0) is 11.2 Å². The van der Waals surface area contributed by atoms with E-state index in [1.165, 1.54) is 0 Å². The molecule has 2 aromatic rings. The molecule has 6 heteroatoms. The van der Waals surface area contributed by atoms with Gasteiger partial charge in [-0.05, 0) is 42.5 Å². The van der Waals surface area contributed by atoms with Crippen LogP contribution in [0.5, 0.6) is 11.5 Å². The number of allylic oxidation sites excluding steroid dienone is 4. The van der Waals surface area contributed by atoms with Gasteiger partial charge < -0.3 is 20.3 Å². The van der Waals surface area contributed by atoms with E-state index in [0.29, 0.717) is 35.6 Å². The fourth-order valence-corrected chi connectivity index (χ4v) is 6.19. The lowest BCUT2D eigenvalue weighted by atomic mass is 9.66. The smallest absolute Gasteiger partial charge is 0.171 e. The van der Waals surface area contributed by atoms with E-state index >= 15 is 0 Å². The summed E-state index contributed by atoms with van der Waals surface area (Å²) < 4.78 is 12.4. The molecule has 32 heavy (non-hydrogen) atoms. The van der Waals surface area contributed by atoms with E-state index in [4.69, 9.17) is 15.2 Å². The van der Waals surface area contributed by atoms with E-state index < -0.39 is 11.2 Å². The second-order valence-electron chi connectivity index (χ2n) is 8.99. The van der Waals surface area contributed by atoms with E-state index in [9.17, 15) is 10.4 Å². The van der Waals surface area contributed by atoms with E-state index in [1.54, 1.807) is 31.6 Å². The Morgan fingerprint density at radius 1 is 1.25 bits per heavy atom. The predicted octanol–water partition coefficient (Wildman–Crippen LogP) is 3.41. The third-order valence-electron chi connectivity index (χ3n) is 7.62. The number of fused-ring (bicyclic) bond motifs is 3. The molecule has 2 heterocycles. The SMILES string of the molecule is COc1cncc2c1[C@]1(O)[C@@H](CN)C[C@@H](C3C=CC=CC3C)[C@]1(c1ccc(C#N)cc1)O2. The maximum atomic E-state index is 12.7. The Hall–Kier alpha value is -3.14. The van der Waals surface area contributed by atoms with Gasteiger partial charge in [-0.15, -0.1) is 0 Å². The molecule has 164 valence electrons. The van der Waals surface area contributed by atoms with Gasteiger partial charge in [0.15, 0.2) is 5.60 Å². The third kappa shape index (κ3) is 2.55. The molecule has 0 bridgehead atoms. The zero-order valence-corrected chi connectivity index (χ0v) is 18.2. The Labute approximate surface area is 188 Å². The van der Waals surface area contributed by atoms with Crippen LogP contribution in [0.25, 0.3) is 0 Å². The Balaban J connectivity index is 1.79. The van der Waals surface area contributed by atoms with Crippen molar-refractivity contribution in [2.75, 3.05) is 13.7 Å². The fourth-order valence-electron chi connectivity index (χ4n) is 6.19. The Morgan fingerprint density at radius 2 is 2.00 bits per heavy atom. The first-order chi connectivity index (χ1) is 15.5. The van der Waals surface area contributed by atoms with Crippen LogP contribution < -0.4 is 15.2 Å². The number of aromatic nitrogens is 1. The van der Waals surface area contributed by atoms with Gasteiger partial charge in [-0.3, -0.25) is 4.98 Å². The maximum Gasteiger partial charge on any atom is 0.171 e. The van der Waals surface area contributed by atoms with Gasteiger partial charge in [-0.2, -0.15) is 5.26 Å². The van der Waals surface area contributed by atoms with Crippen LogP contribution in [-0.4, -0.2) is 23.7 Å². The summed E-state index contributed by atoms with van der Waals surface area (Å²) in [7, 11) is 1.57. The summed E-state index contributed by atoms with van der Waals surface area (Å²) in [5, 5.41) is 22.0. The van der Waals surface area contributed by atoms with Crippen molar-refractivity contribution in [3.8, 4) is 17.6 Å². The van der Waals surface area contributed by atoms with Crippen molar-refractivity contribution in [3.63, 3.8) is 0 Å². The average Bonchev–Trinajstić information content (AvgIpc) is 3.24. The van der Waals surface area contributed by atoms with Crippen LogP contribution in [0.2, 0.25) is 0 Å². The van der Waals surface area contributed by atoms with Crippen LogP contribution in [0.4, 0.5) is 0 Å². The van der Waals surface area contributed by atoms with Crippen molar-refractivity contribution in [1.82, 2.24) is 4.98 Å². The number of hydrogen-bond acceptors (Lipinski definition) is 6. The molecular weight excluding hydrogens is 402 g/mol. The predicted molar refractivity (Wildman–Crippen MR) is 120 cm³/mol. The first-order valence-electron chi connectivity index (χ1n) is 11.0. The summed E-state index contributed by atoms with van der Waals surface area (Å²) >= 11 is 0. The number of rotatable bonds is 4. The van der Waals surface area contributed by atoms with E-state index in [0.717, 1.165) is 5.56 Å². The molecule has 0 radical (unpaired) electrons. The highest BCUT2D eigenvalue weighted by Gasteiger charge is 2.73. The lowest BCUT2D eigenvalue weighted by Crippen LogP contribution is -2.53. The van der Waals surface area contributed by atoms with Gasteiger partial charge in [0.1, 0.15) is 17.1 Å². The molecule has 1 aliphatic heterocycles. The highest BCUT2D eigenvalue weighted by Crippen LogP contribution is 2.69. The van der Waals surface area contributed by atoms with Crippen LogP contribution in [0.3, 0.4) is 0 Å². The molecule has 2 unspecified atom stereocenters. The molecule has 1 aromatic heterocycles. The Kier molecular flexibility index (Phi) is 4.85. The molecule has 6 atom stereocenters. The lowest BCUT2D eigenvalue weighted by Gasteiger charge is -2.44. The molecule has 5 rings (SSSR count). The number of pyridine rings is 1. The summed E-state index contributed by atoms with van der Waals surface area (Å²) in [6.45, 7) is 2.50. The largest absolute Gasteiger partial charge is 0.495 e. The van der Waals surface area contributed by atoms with Crippen LogP contribution in [0, 0.1) is 35.0 Å². The van der Waals surface area contributed by atoms with Crippen LogP contribution in [0.15, 0.2) is 61.0 Å². The monoisotopic (exact) mass is 429 g/mol. The van der Waals surface area contributed by atoms with Gasteiger partial charge in [0, 0.05) is 11.8 Å². The minimum atomic E-state index is -1.40. The van der Waals surface area contributed by atoms with Crippen molar-refractivity contribution in [2.24, 2.45) is 29.4 Å². The lowest BCUT2D eigenvalue weighted by molar-refractivity contribution is -0.143. The number of aliphatic hydroxyl groups is 1. The number of ether oxygens (including phenoxy) is 2. The zero-order valence-electron chi connectivity index (χ0n) is 18.2. The fraction of sp³-hybridized carbons (Fsp3) is 0.385. The maximum absolute atomic E-state index is 12.7. The normalized spacial score (nSPS) is 34.5. The number of nitrogens with zero attached hydrogens (tertiary/aromatic N) is 2. The number of methoxy groups -OCH3 is 1. The van der Waals surface area contributed by atoms with Gasteiger partial charge in [-0.1, -0.05) is 43.4 Å². The van der Waals surface area contributed by atoms with Gasteiger partial charge in [-0.25, -0.2) is 0 Å². The van der Waals surface area contributed by atoms with Crippen LogP contribution >= 0.6 is 0 Å². The van der Waals surface area contributed by atoms with Gasteiger partial charge in [0.05, 0.1) is 36.7 Å². The highest BCUT2D eigenvalue weighted by molar-refractivity contribution is 5.57. The van der Waals surface area contributed by atoms with E-state index in [1.807, 2.05) is 12.1 Å². The topological polar surface area (TPSA) is 101 Å². The summed E-state index contributed by atoms with van der Waals surface area (Å²) in [6.07, 6.45) is 12.5. The quantitative estimate of drug-likeness (QED) is 0.772. The van der Waals surface area contributed by atoms with Crippen LogP contribution in [0.1, 0.15) is 30.0 Å². The van der Waals surface area contributed by atoms with Crippen molar-refractivity contribution < 1.29 is 14.6 Å². The molecule has 0 saturated heterocycles. The summed E-state index contributed by atoms with van der Waals surface area (Å²) in [5.41, 5.74) is 5.79. The summed E-state index contributed by atoms with van der Waals surface area (Å²) in [5.74, 6) is 1.13. The molecule has 1 aromatic carbocycles. The van der Waals surface area contributed by atoms with Crippen molar-refractivity contribution in [2.45, 2.75) is 24.5 Å². The van der Waals surface area contributed by atoms with Crippen molar-refractivity contribution >= 4 is 0 Å². The Bertz CT molecular complexity index is 1140. The van der Waals surface area contributed by atoms with E-state index in [-0.39, 0.29) is 23.7 Å². The number of hydrogen-bond donors (Lipinski definition) is 2. The van der Waals surface area contributed by atoms with Crippen molar-refractivity contribution in [3.05, 3.63) is 77.7 Å². The van der Waals surface area contributed by atoms with Gasteiger partial charge in [0.25, 0.3) is 0 Å². The molecule has 1 fully saturated rings. The number of nitrogens with two attached hydrogens (primary N) is 1. The molecule has 6 nitrogen and oxygen atoms in total. The molecule has 3 aliphatic rings. The zero-order chi connectivity index (χ0) is 22.5. The highest BCUT2D eigenvalue weighted by atomic mass is 16.5. The average molecular weight is 430 g/mol. The standard InChI is InChI=1S/C26H27N3O3/c1-16-5-3-4-6-20(16)21-11-19(13-28)25(30)24-22(31-2)14-29-15-23(24)32-26(21,25)18-9-7-17(12-27)8-10-18/h3-10,14-16,19-21,30H,11,13,28H2,1-2H3/t16?,19-,20?,21+,25-,26+/m1/s1. The van der Waals surface area contributed by atoms with Gasteiger partial charge in [0.2, 0.25) is 0 Å². The Morgan fingerprint density at radius 3 is 2.66 bits per heavy atom.